The molecule has 6 rings (SSSR count). The number of methoxy groups -OCH3 is 1. The van der Waals surface area contributed by atoms with Crippen molar-refractivity contribution in [1.82, 2.24) is 15.2 Å². The highest BCUT2D eigenvalue weighted by molar-refractivity contribution is 7.21. The first-order valence-electron chi connectivity index (χ1n) is 12.6. The van der Waals surface area contributed by atoms with Crippen LogP contribution in [0.3, 0.4) is 0 Å². The number of urea groups is 1. The average Bonchev–Trinajstić information content (AvgIpc) is 3.56. The monoisotopic (exact) mass is 555 g/mol. The van der Waals surface area contributed by atoms with Crippen molar-refractivity contribution in [1.29, 1.82) is 0 Å². The Kier molecular flexibility index (Phi) is 6.66. The molecule has 0 radical (unpaired) electrons. The lowest BCUT2D eigenvalue weighted by atomic mass is 10.1. The molecule has 2 aliphatic rings. The maximum atomic E-state index is 13.5. The van der Waals surface area contributed by atoms with Crippen LogP contribution in [0.1, 0.15) is 9.67 Å². The van der Waals surface area contributed by atoms with Gasteiger partial charge in [-0.05, 0) is 48.5 Å². The number of ether oxygens (including phenoxy) is 2. The number of benzene rings is 2. The van der Waals surface area contributed by atoms with Crippen LogP contribution in [-0.4, -0.2) is 60.1 Å². The summed E-state index contributed by atoms with van der Waals surface area (Å²) >= 11 is 1.20. The van der Waals surface area contributed by atoms with Gasteiger partial charge in [-0.25, -0.2) is 9.78 Å². The van der Waals surface area contributed by atoms with E-state index in [1.807, 2.05) is 30.3 Å². The van der Waals surface area contributed by atoms with E-state index >= 15 is 0 Å². The summed E-state index contributed by atoms with van der Waals surface area (Å²) in [4.78, 5) is 47.5. The molecular weight excluding hydrogens is 530 g/mol. The van der Waals surface area contributed by atoms with Crippen molar-refractivity contribution >= 4 is 56.5 Å². The number of aromatic nitrogens is 1. The molecule has 202 valence electrons. The fraction of sp³-hybridized carbons (Fsp3) is 0.172. The molecule has 2 atom stereocenters. The predicted octanol–water partition coefficient (Wildman–Crippen LogP) is 4.91. The third-order valence-corrected chi connectivity index (χ3v) is 7.99. The largest absolute Gasteiger partial charge is 0.457 e. The Bertz CT molecular complexity index is 1620. The van der Waals surface area contributed by atoms with Crippen molar-refractivity contribution < 1.29 is 23.9 Å². The van der Waals surface area contributed by atoms with Gasteiger partial charge in [-0.2, -0.15) is 0 Å². The van der Waals surface area contributed by atoms with Crippen molar-refractivity contribution in [2.45, 2.75) is 12.1 Å². The molecule has 40 heavy (non-hydrogen) atoms. The Morgan fingerprint density at radius 3 is 2.58 bits per heavy atom. The quantitative estimate of drug-likeness (QED) is 0.313. The van der Waals surface area contributed by atoms with Crippen LogP contribution in [0.5, 0.6) is 11.5 Å². The van der Waals surface area contributed by atoms with Gasteiger partial charge in [0.2, 0.25) is 5.91 Å². The molecule has 2 N–H and O–H groups in total. The number of carbonyl (C=O) groups is 3. The SMILES string of the molecule is C=CC(=O)N1CC(NC(=O)c2sc3nccc4c3c2NC(=O)N4c2ccc(Oc3ccccc3)cc2)[C@@H](OC)C1. The molecule has 0 saturated carbocycles. The van der Waals surface area contributed by atoms with Crippen molar-refractivity contribution in [3.05, 3.63) is 84.4 Å². The molecule has 2 aromatic carbocycles. The highest BCUT2D eigenvalue weighted by atomic mass is 32.1. The summed E-state index contributed by atoms with van der Waals surface area (Å²) in [6, 6.07) is 17.6. The summed E-state index contributed by atoms with van der Waals surface area (Å²) in [5.41, 5.74) is 1.67. The lowest BCUT2D eigenvalue weighted by Gasteiger charge is -2.28. The third-order valence-electron chi connectivity index (χ3n) is 6.90. The second-order valence-electron chi connectivity index (χ2n) is 9.29. The Morgan fingerprint density at radius 2 is 1.85 bits per heavy atom. The Hall–Kier alpha value is -4.74. The molecule has 0 aliphatic carbocycles. The fourth-order valence-corrected chi connectivity index (χ4v) is 6.01. The molecule has 2 aliphatic heterocycles. The van der Waals surface area contributed by atoms with E-state index in [1.54, 1.807) is 53.4 Å². The van der Waals surface area contributed by atoms with Crippen LogP contribution < -0.4 is 20.3 Å². The molecule has 4 heterocycles. The van der Waals surface area contributed by atoms with E-state index in [0.29, 0.717) is 56.7 Å². The lowest BCUT2D eigenvalue weighted by Crippen LogP contribution is -2.44. The summed E-state index contributed by atoms with van der Waals surface area (Å²) < 4.78 is 11.4. The number of likely N-dealkylation sites (tertiary alicyclic amines) is 1. The first-order valence-corrected chi connectivity index (χ1v) is 13.4. The van der Waals surface area contributed by atoms with Gasteiger partial charge in [0.25, 0.3) is 5.91 Å². The number of thiophene rings is 1. The number of hydrogen-bond donors (Lipinski definition) is 2. The third kappa shape index (κ3) is 4.55. The zero-order chi connectivity index (χ0) is 27.8. The minimum Gasteiger partial charge on any atom is -0.457 e. The highest BCUT2D eigenvalue weighted by Gasteiger charge is 2.38. The van der Waals surface area contributed by atoms with Crippen LogP contribution >= 0.6 is 11.3 Å². The van der Waals surface area contributed by atoms with Crippen LogP contribution in [0.15, 0.2) is 79.5 Å². The van der Waals surface area contributed by atoms with E-state index in [4.69, 9.17) is 9.47 Å². The Balaban J connectivity index is 1.28. The minimum atomic E-state index is -0.418. The average molecular weight is 556 g/mol. The Labute approximate surface area is 233 Å². The van der Waals surface area contributed by atoms with Gasteiger partial charge < -0.3 is 25.0 Å². The number of nitrogens with one attached hydrogen (secondary N) is 2. The summed E-state index contributed by atoms with van der Waals surface area (Å²) in [6.07, 6.45) is 2.49. The maximum Gasteiger partial charge on any atom is 0.331 e. The standard InChI is InChI=1S/C29H25N5O5S/c1-3-23(35)33-15-20(22(16-33)38-2)31-27(36)26-25-24-21(13-14-30-28(24)40-26)34(29(37)32-25)17-9-11-19(12-10-17)39-18-7-5-4-6-8-18/h3-14,20,22H,1,15-16H2,2H3,(H,31,36)(H,32,37)/t20?,22-/m0/s1. The van der Waals surface area contributed by atoms with E-state index in [-0.39, 0.29) is 17.9 Å². The van der Waals surface area contributed by atoms with E-state index in [0.717, 1.165) is 0 Å². The number of pyridine rings is 1. The molecule has 2 aromatic heterocycles. The number of amides is 4. The van der Waals surface area contributed by atoms with Gasteiger partial charge in [-0.15, -0.1) is 11.3 Å². The van der Waals surface area contributed by atoms with E-state index in [1.165, 1.54) is 17.4 Å². The van der Waals surface area contributed by atoms with E-state index < -0.39 is 12.1 Å². The topological polar surface area (TPSA) is 113 Å². The van der Waals surface area contributed by atoms with Crippen LogP contribution in [0.2, 0.25) is 0 Å². The van der Waals surface area contributed by atoms with Crippen LogP contribution in [0, 0.1) is 0 Å². The van der Waals surface area contributed by atoms with E-state index in [2.05, 4.69) is 22.2 Å². The van der Waals surface area contributed by atoms with Gasteiger partial charge in [0.05, 0.1) is 34.6 Å². The molecule has 4 aromatic rings. The smallest absolute Gasteiger partial charge is 0.331 e. The van der Waals surface area contributed by atoms with Crippen molar-refractivity contribution in [3.63, 3.8) is 0 Å². The summed E-state index contributed by atoms with van der Waals surface area (Å²) in [6.45, 7) is 4.17. The zero-order valence-corrected chi connectivity index (χ0v) is 22.3. The van der Waals surface area contributed by atoms with Gasteiger partial charge in [-0.3, -0.25) is 14.5 Å². The summed E-state index contributed by atoms with van der Waals surface area (Å²) in [5.74, 6) is 0.749. The number of para-hydroxylation sites is 1. The fourth-order valence-electron chi connectivity index (χ4n) is 4.98. The second-order valence-corrected chi connectivity index (χ2v) is 10.3. The van der Waals surface area contributed by atoms with Gasteiger partial charge in [-0.1, -0.05) is 24.8 Å². The summed E-state index contributed by atoms with van der Waals surface area (Å²) in [7, 11) is 1.54. The van der Waals surface area contributed by atoms with Gasteiger partial charge in [0.1, 0.15) is 21.2 Å². The van der Waals surface area contributed by atoms with Crippen molar-refractivity contribution in [2.75, 3.05) is 30.4 Å². The minimum absolute atomic E-state index is 0.225. The lowest BCUT2D eigenvalue weighted by molar-refractivity contribution is -0.125. The predicted molar refractivity (Wildman–Crippen MR) is 153 cm³/mol. The van der Waals surface area contributed by atoms with Gasteiger partial charge >= 0.3 is 6.03 Å². The first-order chi connectivity index (χ1) is 19.5. The molecule has 10 nitrogen and oxygen atoms in total. The molecule has 11 heteroatoms. The van der Waals surface area contributed by atoms with Crippen LogP contribution in [0.4, 0.5) is 21.9 Å². The molecule has 1 unspecified atom stereocenters. The molecule has 1 fully saturated rings. The molecule has 0 bridgehead atoms. The number of rotatable bonds is 7. The van der Waals surface area contributed by atoms with Gasteiger partial charge in [0, 0.05) is 26.4 Å². The zero-order valence-electron chi connectivity index (χ0n) is 21.5. The van der Waals surface area contributed by atoms with Crippen molar-refractivity contribution in [2.24, 2.45) is 0 Å². The number of hydrogen-bond acceptors (Lipinski definition) is 7. The van der Waals surface area contributed by atoms with Gasteiger partial charge in [0.15, 0.2) is 0 Å². The van der Waals surface area contributed by atoms with Crippen LogP contribution in [-0.2, 0) is 9.53 Å². The molecule has 0 spiro atoms. The number of anilines is 3. The summed E-state index contributed by atoms with van der Waals surface area (Å²) in [5, 5.41) is 6.56. The first kappa shape index (κ1) is 25.5. The highest BCUT2D eigenvalue weighted by Crippen LogP contribution is 2.46. The number of nitrogens with zero attached hydrogens (tertiary/aromatic N) is 3. The van der Waals surface area contributed by atoms with Crippen molar-refractivity contribution in [3.8, 4) is 11.5 Å². The molecule has 4 amide bonds. The molecular formula is C29H25N5O5S. The second kappa shape index (κ2) is 10.4. The van der Waals surface area contributed by atoms with E-state index in [9.17, 15) is 14.4 Å². The normalized spacial score (nSPS) is 18.0. The molecule has 1 saturated heterocycles. The van der Waals surface area contributed by atoms with Crippen LogP contribution in [0.25, 0.3) is 10.2 Å². The number of carbonyl (C=O) groups excluding carboxylic acids is 3. The maximum absolute atomic E-state index is 13.5. The Morgan fingerprint density at radius 1 is 1.10 bits per heavy atom.